The van der Waals surface area contributed by atoms with Gasteiger partial charge in [0.05, 0.1) is 18.8 Å². The normalized spacial score (nSPS) is 19.6. The van der Waals surface area contributed by atoms with Crippen molar-refractivity contribution in [1.82, 2.24) is 0 Å². The number of aliphatic hydroxyl groups is 1. The lowest BCUT2D eigenvalue weighted by atomic mass is 9.78. The molecule has 112 valence electrons. The average Bonchev–Trinajstić information content (AvgIpc) is 2.48. The molecule has 1 unspecified atom stereocenters. The maximum Gasteiger partial charge on any atom is 0.122 e. The van der Waals surface area contributed by atoms with Crippen LogP contribution in [0.3, 0.4) is 0 Å². The van der Waals surface area contributed by atoms with Gasteiger partial charge in [-0.1, -0.05) is 30.9 Å². The lowest BCUT2D eigenvalue weighted by molar-refractivity contribution is -0.122. The molecule has 1 aromatic carbocycles. The molecule has 4 heteroatoms. The minimum absolute atomic E-state index is 0.425. The van der Waals surface area contributed by atoms with Crippen molar-refractivity contribution in [3.05, 3.63) is 28.8 Å². The van der Waals surface area contributed by atoms with Crippen molar-refractivity contribution in [2.75, 3.05) is 14.2 Å². The summed E-state index contributed by atoms with van der Waals surface area (Å²) in [5.41, 5.74) is 0.500. The van der Waals surface area contributed by atoms with Crippen molar-refractivity contribution in [3.63, 3.8) is 0 Å². The molecule has 1 aromatic rings. The van der Waals surface area contributed by atoms with Crippen LogP contribution >= 0.6 is 11.6 Å². The summed E-state index contributed by atoms with van der Waals surface area (Å²) in [6.45, 7) is 0. The number of methoxy groups -OCH3 is 2. The number of halogens is 1. The van der Waals surface area contributed by atoms with Crippen molar-refractivity contribution in [2.24, 2.45) is 0 Å². The molecular formula is C16H23ClO3. The second-order valence-corrected chi connectivity index (χ2v) is 5.94. The van der Waals surface area contributed by atoms with Gasteiger partial charge >= 0.3 is 0 Å². The minimum Gasteiger partial charge on any atom is -0.496 e. The summed E-state index contributed by atoms with van der Waals surface area (Å²) in [4.78, 5) is 0. The summed E-state index contributed by atoms with van der Waals surface area (Å²) < 4.78 is 11.0. The van der Waals surface area contributed by atoms with E-state index >= 15 is 0 Å². The number of hydrogen-bond donors (Lipinski definition) is 1. The van der Waals surface area contributed by atoms with Gasteiger partial charge in [-0.15, -0.1) is 0 Å². The standard InChI is InChI=1S/C16H23ClO3/c1-19-14-7-6-13(17)10-12(14)11-15(18)16(20-2)8-4-3-5-9-16/h6-7,10,15,18H,3-5,8-9,11H2,1-2H3. The molecule has 2 rings (SSSR count). The molecule has 1 aliphatic carbocycles. The fourth-order valence-electron chi connectivity index (χ4n) is 3.12. The first-order valence-electron chi connectivity index (χ1n) is 7.17. The Morgan fingerprint density at radius 3 is 2.55 bits per heavy atom. The van der Waals surface area contributed by atoms with E-state index in [-0.39, 0.29) is 0 Å². The van der Waals surface area contributed by atoms with E-state index in [1.165, 1.54) is 6.42 Å². The highest BCUT2D eigenvalue weighted by Crippen LogP contribution is 2.36. The molecule has 0 aliphatic heterocycles. The van der Waals surface area contributed by atoms with Crippen LogP contribution in [0.4, 0.5) is 0 Å². The largest absolute Gasteiger partial charge is 0.496 e. The van der Waals surface area contributed by atoms with E-state index in [0.29, 0.717) is 11.4 Å². The molecule has 0 saturated heterocycles. The molecule has 0 heterocycles. The quantitative estimate of drug-likeness (QED) is 0.902. The average molecular weight is 299 g/mol. The zero-order chi connectivity index (χ0) is 14.6. The predicted octanol–water partition coefficient (Wildman–Crippen LogP) is 3.60. The number of aliphatic hydroxyl groups excluding tert-OH is 1. The van der Waals surface area contributed by atoms with Gasteiger partial charge < -0.3 is 14.6 Å². The van der Waals surface area contributed by atoms with E-state index < -0.39 is 11.7 Å². The van der Waals surface area contributed by atoms with Crippen LogP contribution in [-0.2, 0) is 11.2 Å². The first kappa shape index (κ1) is 15.6. The summed E-state index contributed by atoms with van der Waals surface area (Å²) in [6.07, 6.45) is 5.21. The molecule has 0 bridgehead atoms. The van der Waals surface area contributed by atoms with Crippen molar-refractivity contribution < 1.29 is 14.6 Å². The minimum atomic E-state index is -0.542. The predicted molar refractivity (Wildman–Crippen MR) is 80.5 cm³/mol. The molecule has 1 N–H and O–H groups in total. The Kier molecular flexibility index (Phi) is 5.30. The van der Waals surface area contributed by atoms with Gasteiger partial charge in [0, 0.05) is 18.6 Å². The van der Waals surface area contributed by atoms with Crippen LogP contribution in [0.5, 0.6) is 5.75 Å². The Morgan fingerprint density at radius 1 is 1.25 bits per heavy atom. The summed E-state index contributed by atoms with van der Waals surface area (Å²) >= 11 is 6.04. The van der Waals surface area contributed by atoms with Gasteiger partial charge in [-0.3, -0.25) is 0 Å². The molecule has 20 heavy (non-hydrogen) atoms. The van der Waals surface area contributed by atoms with Gasteiger partial charge in [0.15, 0.2) is 0 Å². The monoisotopic (exact) mass is 298 g/mol. The summed E-state index contributed by atoms with van der Waals surface area (Å²) in [7, 11) is 3.33. The molecule has 1 fully saturated rings. The van der Waals surface area contributed by atoms with Crippen molar-refractivity contribution >= 4 is 11.6 Å². The van der Waals surface area contributed by atoms with E-state index in [1.54, 1.807) is 20.3 Å². The Hall–Kier alpha value is -0.770. The molecule has 1 aliphatic rings. The van der Waals surface area contributed by atoms with E-state index in [4.69, 9.17) is 21.1 Å². The van der Waals surface area contributed by atoms with Crippen molar-refractivity contribution in [3.8, 4) is 5.75 Å². The van der Waals surface area contributed by atoms with Gasteiger partial charge in [-0.25, -0.2) is 0 Å². The van der Waals surface area contributed by atoms with Gasteiger partial charge in [-0.2, -0.15) is 0 Å². The SMILES string of the molecule is COc1ccc(Cl)cc1CC(O)C1(OC)CCCCC1. The Balaban J connectivity index is 2.17. The Bertz CT molecular complexity index is 441. The maximum absolute atomic E-state index is 10.7. The zero-order valence-electron chi connectivity index (χ0n) is 12.2. The fraction of sp³-hybridized carbons (Fsp3) is 0.625. The molecule has 1 saturated carbocycles. The highest BCUT2D eigenvalue weighted by molar-refractivity contribution is 6.30. The smallest absolute Gasteiger partial charge is 0.122 e. The summed E-state index contributed by atoms with van der Waals surface area (Å²) in [5.74, 6) is 0.760. The number of ether oxygens (including phenoxy) is 2. The lowest BCUT2D eigenvalue weighted by Gasteiger charge is -2.40. The van der Waals surface area contributed by atoms with E-state index in [9.17, 15) is 5.11 Å². The lowest BCUT2D eigenvalue weighted by Crippen LogP contribution is -2.46. The van der Waals surface area contributed by atoms with E-state index in [2.05, 4.69) is 0 Å². The molecule has 0 spiro atoms. The van der Waals surface area contributed by atoms with Crippen LogP contribution in [0, 0.1) is 0 Å². The van der Waals surface area contributed by atoms with Gasteiger partial charge in [0.1, 0.15) is 5.75 Å². The second-order valence-electron chi connectivity index (χ2n) is 5.51. The van der Waals surface area contributed by atoms with Crippen LogP contribution in [0.15, 0.2) is 18.2 Å². The number of rotatable bonds is 5. The topological polar surface area (TPSA) is 38.7 Å². The van der Waals surface area contributed by atoms with Gasteiger partial charge in [0.2, 0.25) is 0 Å². The van der Waals surface area contributed by atoms with Crippen LogP contribution < -0.4 is 4.74 Å². The van der Waals surface area contributed by atoms with Crippen LogP contribution in [0.2, 0.25) is 5.02 Å². The molecule has 0 aromatic heterocycles. The first-order chi connectivity index (χ1) is 9.61. The maximum atomic E-state index is 10.7. The van der Waals surface area contributed by atoms with Crippen molar-refractivity contribution in [2.45, 2.75) is 50.2 Å². The fourth-order valence-corrected chi connectivity index (χ4v) is 3.32. The third-order valence-corrected chi connectivity index (χ3v) is 4.60. The molecular weight excluding hydrogens is 276 g/mol. The third-order valence-electron chi connectivity index (χ3n) is 4.37. The van der Waals surface area contributed by atoms with Crippen molar-refractivity contribution in [1.29, 1.82) is 0 Å². The summed E-state index contributed by atoms with van der Waals surface area (Å²) in [5, 5.41) is 11.3. The highest BCUT2D eigenvalue weighted by atomic mass is 35.5. The Labute approximate surface area is 125 Å². The third kappa shape index (κ3) is 3.27. The van der Waals surface area contributed by atoms with E-state index in [1.807, 2.05) is 12.1 Å². The molecule has 1 atom stereocenters. The van der Waals surface area contributed by atoms with Crippen LogP contribution in [-0.4, -0.2) is 31.0 Å². The zero-order valence-corrected chi connectivity index (χ0v) is 12.9. The van der Waals surface area contributed by atoms with Crippen LogP contribution in [0.1, 0.15) is 37.7 Å². The number of hydrogen-bond acceptors (Lipinski definition) is 3. The molecule has 0 amide bonds. The second kappa shape index (κ2) is 6.79. The molecule has 0 radical (unpaired) electrons. The van der Waals surface area contributed by atoms with Crippen LogP contribution in [0.25, 0.3) is 0 Å². The van der Waals surface area contributed by atoms with Gasteiger partial charge in [0.25, 0.3) is 0 Å². The summed E-state index contributed by atoms with van der Waals surface area (Å²) in [6, 6.07) is 5.49. The molecule has 3 nitrogen and oxygen atoms in total. The first-order valence-corrected chi connectivity index (χ1v) is 7.55. The highest BCUT2D eigenvalue weighted by Gasteiger charge is 2.39. The number of benzene rings is 1. The van der Waals surface area contributed by atoms with Gasteiger partial charge in [-0.05, 0) is 36.6 Å². The Morgan fingerprint density at radius 2 is 1.95 bits per heavy atom. The van der Waals surface area contributed by atoms with E-state index in [0.717, 1.165) is 37.0 Å².